The molecule has 2 aromatic rings. The fourth-order valence-electron chi connectivity index (χ4n) is 3.69. The van der Waals surface area contributed by atoms with Gasteiger partial charge in [-0.15, -0.1) is 0 Å². The second-order valence-electron chi connectivity index (χ2n) is 6.99. The molecule has 2 fully saturated rings. The lowest BCUT2D eigenvalue weighted by atomic mass is 10.0. The molecule has 2 saturated heterocycles. The molecule has 7 heteroatoms. The Balaban J connectivity index is 1.61. The van der Waals surface area contributed by atoms with Gasteiger partial charge in [-0.3, -0.25) is 4.79 Å². The summed E-state index contributed by atoms with van der Waals surface area (Å²) in [4.78, 5) is 19.5. The Labute approximate surface area is 146 Å². The molecule has 4 rings (SSSR count). The van der Waals surface area contributed by atoms with Crippen LogP contribution in [0, 0.1) is 0 Å². The number of piperidine rings is 1. The van der Waals surface area contributed by atoms with E-state index in [4.69, 9.17) is 9.47 Å². The number of amides is 1. The van der Waals surface area contributed by atoms with Crippen molar-refractivity contribution in [3.05, 3.63) is 24.0 Å². The van der Waals surface area contributed by atoms with Crippen LogP contribution in [0.1, 0.15) is 49.5 Å². The minimum absolute atomic E-state index is 0.00417. The van der Waals surface area contributed by atoms with Gasteiger partial charge in [0, 0.05) is 24.2 Å². The topological polar surface area (TPSA) is 69.5 Å². The van der Waals surface area contributed by atoms with Gasteiger partial charge in [-0.05, 0) is 39.2 Å². The van der Waals surface area contributed by atoms with Gasteiger partial charge >= 0.3 is 0 Å². The van der Waals surface area contributed by atoms with Crippen LogP contribution in [0.3, 0.4) is 0 Å². The summed E-state index contributed by atoms with van der Waals surface area (Å²) in [7, 11) is 0. The van der Waals surface area contributed by atoms with Crippen molar-refractivity contribution in [3.8, 4) is 0 Å². The monoisotopic (exact) mass is 344 g/mol. The summed E-state index contributed by atoms with van der Waals surface area (Å²) >= 11 is 0. The summed E-state index contributed by atoms with van der Waals surface area (Å²) in [6.07, 6.45) is 6.15. The molecular weight excluding hydrogens is 320 g/mol. The van der Waals surface area contributed by atoms with Gasteiger partial charge in [0.05, 0.1) is 31.0 Å². The molecule has 25 heavy (non-hydrogen) atoms. The number of ether oxygens (including phenoxy) is 2. The molecule has 0 aromatic carbocycles. The zero-order chi connectivity index (χ0) is 17.4. The second-order valence-corrected chi connectivity index (χ2v) is 6.99. The number of hydrogen-bond acceptors (Lipinski definition) is 5. The average Bonchev–Trinajstić information content (AvgIpc) is 3.30. The van der Waals surface area contributed by atoms with E-state index in [0.29, 0.717) is 18.8 Å². The lowest BCUT2D eigenvalue weighted by Crippen LogP contribution is -2.50. The number of rotatable bonds is 3. The van der Waals surface area contributed by atoms with Crippen LogP contribution in [0.15, 0.2) is 18.5 Å². The lowest BCUT2D eigenvalue weighted by Gasteiger charge is -2.38. The van der Waals surface area contributed by atoms with Crippen molar-refractivity contribution in [2.45, 2.75) is 51.5 Å². The first-order chi connectivity index (χ1) is 12.1. The molecule has 0 spiro atoms. The van der Waals surface area contributed by atoms with Crippen LogP contribution in [-0.4, -0.2) is 57.7 Å². The van der Waals surface area contributed by atoms with Crippen molar-refractivity contribution < 1.29 is 14.3 Å². The first-order valence-electron chi connectivity index (χ1n) is 9.02. The molecular formula is C18H24N4O3. The van der Waals surface area contributed by atoms with Crippen LogP contribution in [0.2, 0.25) is 0 Å². The van der Waals surface area contributed by atoms with Crippen LogP contribution >= 0.6 is 0 Å². The van der Waals surface area contributed by atoms with Gasteiger partial charge in [-0.2, -0.15) is 5.10 Å². The number of aromatic nitrogens is 3. The van der Waals surface area contributed by atoms with E-state index in [9.17, 15) is 4.79 Å². The average molecular weight is 344 g/mol. The minimum atomic E-state index is -0.301. The minimum Gasteiger partial charge on any atom is -0.348 e. The molecule has 0 N–H and O–H groups in total. The highest BCUT2D eigenvalue weighted by Crippen LogP contribution is 2.26. The Hall–Kier alpha value is -1.99. The quantitative estimate of drug-likeness (QED) is 0.855. The number of pyridine rings is 1. The van der Waals surface area contributed by atoms with Crippen molar-refractivity contribution in [2.24, 2.45) is 0 Å². The SMILES string of the molecule is CC(C)n1ncc2cc(C(=O)N3CCCCC3C3OCCO3)cnc21. The van der Waals surface area contributed by atoms with Crippen molar-refractivity contribution in [1.29, 1.82) is 0 Å². The number of likely N-dealkylation sites (tertiary alicyclic amines) is 1. The number of hydrogen-bond donors (Lipinski definition) is 0. The molecule has 1 atom stereocenters. The molecule has 0 radical (unpaired) electrons. The molecule has 7 nitrogen and oxygen atoms in total. The summed E-state index contributed by atoms with van der Waals surface area (Å²) in [5.74, 6) is -0.00417. The molecule has 1 amide bonds. The summed E-state index contributed by atoms with van der Waals surface area (Å²) in [5, 5.41) is 5.27. The standard InChI is InChI=1S/C18H24N4O3/c1-12(2)22-16-13(11-20-22)9-14(10-19-16)17(23)21-6-4-3-5-15(21)18-24-7-8-25-18/h9-12,15,18H,3-8H2,1-2H3. The van der Waals surface area contributed by atoms with Gasteiger partial charge < -0.3 is 14.4 Å². The Morgan fingerprint density at radius 3 is 2.80 bits per heavy atom. The molecule has 4 heterocycles. The van der Waals surface area contributed by atoms with E-state index in [1.54, 1.807) is 12.4 Å². The normalized spacial score (nSPS) is 22.2. The van der Waals surface area contributed by atoms with E-state index >= 15 is 0 Å². The van der Waals surface area contributed by atoms with Crippen molar-refractivity contribution in [3.63, 3.8) is 0 Å². The summed E-state index contributed by atoms with van der Waals surface area (Å²) in [6.45, 7) is 6.06. The first-order valence-corrected chi connectivity index (χ1v) is 9.02. The van der Waals surface area contributed by atoms with Gasteiger partial charge in [-0.25, -0.2) is 9.67 Å². The Kier molecular flexibility index (Phi) is 4.43. The van der Waals surface area contributed by atoms with Crippen molar-refractivity contribution in [2.75, 3.05) is 19.8 Å². The summed E-state index contributed by atoms with van der Waals surface area (Å²) < 4.78 is 13.2. The maximum Gasteiger partial charge on any atom is 0.255 e. The highest BCUT2D eigenvalue weighted by molar-refractivity contribution is 5.97. The lowest BCUT2D eigenvalue weighted by molar-refractivity contribution is -0.100. The van der Waals surface area contributed by atoms with Crippen LogP contribution < -0.4 is 0 Å². The Morgan fingerprint density at radius 2 is 2.04 bits per heavy atom. The van der Waals surface area contributed by atoms with Gasteiger partial charge in [0.2, 0.25) is 0 Å². The van der Waals surface area contributed by atoms with Crippen molar-refractivity contribution in [1.82, 2.24) is 19.7 Å². The van der Waals surface area contributed by atoms with Crippen LogP contribution in [0.25, 0.3) is 11.0 Å². The van der Waals surface area contributed by atoms with E-state index in [0.717, 1.165) is 36.8 Å². The van der Waals surface area contributed by atoms with Crippen LogP contribution in [0.4, 0.5) is 0 Å². The molecule has 134 valence electrons. The van der Waals surface area contributed by atoms with Crippen molar-refractivity contribution >= 4 is 16.9 Å². The van der Waals surface area contributed by atoms with Gasteiger partial charge in [0.1, 0.15) is 0 Å². The third kappa shape index (κ3) is 3.02. The Morgan fingerprint density at radius 1 is 1.24 bits per heavy atom. The third-order valence-electron chi connectivity index (χ3n) is 4.94. The molecule has 2 aromatic heterocycles. The largest absolute Gasteiger partial charge is 0.348 e. The van der Waals surface area contributed by atoms with E-state index in [-0.39, 0.29) is 24.3 Å². The fraction of sp³-hybridized carbons (Fsp3) is 0.611. The molecule has 1 unspecified atom stereocenters. The summed E-state index contributed by atoms with van der Waals surface area (Å²) in [5.41, 5.74) is 1.41. The smallest absolute Gasteiger partial charge is 0.255 e. The first kappa shape index (κ1) is 16.5. The number of carbonyl (C=O) groups is 1. The zero-order valence-corrected chi connectivity index (χ0v) is 14.7. The zero-order valence-electron chi connectivity index (χ0n) is 14.7. The van der Waals surface area contributed by atoms with E-state index < -0.39 is 0 Å². The van der Waals surface area contributed by atoms with E-state index in [1.807, 2.05) is 15.6 Å². The predicted octanol–water partition coefficient (Wildman–Crippen LogP) is 2.38. The fourth-order valence-corrected chi connectivity index (χ4v) is 3.69. The number of fused-ring (bicyclic) bond motifs is 1. The van der Waals surface area contributed by atoms with Crippen LogP contribution in [-0.2, 0) is 9.47 Å². The molecule has 0 saturated carbocycles. The van der Waals surface area contributed by atoms with E-state index in [1.165, 1.54) is 0 Å². The molecule has 0 bridgehead atoms. The van der Waals surface area contributed by atoms with Crippen LogP contribution in [0.5, 0.6) is 0 Å². The van der Waals surface area contributed by atoms with E-state index in [2.05, 4.69) is 23.9 Å². The third-order valence-corrected chi connectivity index (χ3v) is 4.94. The maximum atomic E-state index is 13.1. The highest BCUT2D eigenvalue weighted by Gasteiger charge is 2.36. The number of nitrogens with zero attached hydrogens (tertiary/aromatic N) is 4. The second kappa shape index (κ2) is 6.72. The van der Waals surface area contributed by atoms with Gasteiger partial charge in [0.15, 0.2) is 11.9 Å². The predicted molar refractivity (Wildman–Crippen MR) is 92.3 cm³/mol. The van der Waals surface area contributed by atoms with Gasteiger partial charge in [-0.1, -0.05) is 0 Å². The van der Waals surface area contributed by atoms with Gasteiger partial charge in [0.25, 0.3) is 5.91 Å². The highest BCUT2D eigenvalue weighted by atomic mass is 16.7. The molecule has 2 aliphatic heterocycles. The molecule has 2 aliphatic rings. The molecule has 0 aliphatic carbocycles. The summed E-state index contributed by atoms with van der Waals surface area (Å²) in [6, 6.07) is 2.10. The number of carbonyl (C=O) groups excluding carboxylic acids is 1. The maximum absolute atomic E-state index is 13.1. The Bertz CT molecular complexity index is 767.